The van der Waals surface area contributed by atoms with Crippen LogP contribution in [0.3, 0.4) is 0 Å². The smallest absolute Gasteiger partial charge is 0.123 e. The van der Waals surface area contributed by atoms with Crippen molar-refractivity contribution in [3.05, 3.63) is 65.9 Å². The Morgan fingerprint density at radius 2 is 2.08 bits per heavy atom. The Bertz CT molecular complexity index is 746. The van der Waals surface area contributed by atoms with E-state index in [1.54, 1.807) is 24.0 Å². The highest BCUT2D eigenvalue weighted by atomic mass is 32.2. The molecule has 3 nitrogen and oxygen atoms in total. The van der Waals surface area contributed by atoms with Crippen LogP contribution >= 0.6 is 11.8 Å². The lowest BCUT2D eigenvalue weighted by molar-refractivity contribution is 0.646. The Hall–Kier alpha value is -2.33. The molecule has 2 N–H and O–H groups in total. The molecule has 0 bridgehead atoms. The Morgan fingerprint density at radius 1 is 1.24 bits per heavy atom. The molecule has 0 saturated carbocycles. The van der Waals surface area contributed by atoms with Gasteiger partial charge < -0.3 is 5.73 Å². The van der Waals surface area contributed by atoms with Gasteiger partial charge in [0.25, 0.3) is 0 Å². The minimum atomic E-state index is 0.537. The first-order valence-electron chi connectivity index (χ1n) is 8.35. The average molecular weight is 352 g/mol. The highest BCUT2D eigenvalue weighted by molar-refractivity contribution is 7.99. The maximum absolute atomic E-state index is 5.57. The van der Waals surface area contributed by atoms with E-state index in [9.17, 15) is 0 Å². The topological polar surface area (TPSA) is 51.3 Å². The minimum absolute atomic E-state index is 0.537. The second kappa shape index (κ2) is 9.84. The summed E-state index contributed by atoms with van der Waals surface area (Å²) >= 11 is 1.78. The Balaban J connectivity index is 1.91. The van der Waals surface area contributed by atoms with E-state index in [1.165, 1.54) is 10.5 Å². The maximum atomic E-state index is 5.57. The van der Waals surface area contributed by atoms with E-state index < -0.39 is 0 Å². The monoisotopic (exact) mass is 351 g/mol. The number of thioether (sulfide) groups is 1. The van der Waals surface area contributed by atoms with Gasteiger partial charge in [-0.1, -0.05) is 44.2 Å². The lowest BCUT2D eigenvalue weighted by atomic mass is 10.0. The molecule has 1 aromatic carbocycles. The predicted molar refractivity (Wildman–Crippen MR) is 112 cm³/mol. The number of hydrogen-bond acceptors (Lipinski definition) is 4. The Morgan fingerprint density at radius 3 is 2.76 bits per heavy atom. The third-order valence-corrected chi connectivity index (χ3v) is 4.52. The molecule has 2 rings (SSSR count). The minimum Gasteiger partial charge on any atom is -0.384 e. The summed E-state index contributed by atoms with van der Waals surface area (Å²) in [5.74, 6) is 2.07. The zero-order chi connectivity index (χ0) is 18.1. The van der Waals surface area contributed by atoms with E-state index in [-0.39, 0.29) is 0 Å². The fourth-order valence-electron chi connectivity index (χ4n) is 2.36. The molecule has 0 aliphatic rings. The SMILES string of the molecule is C=Nc1ccc(CC(C)C)cc1SC/C=C/C=C/c1ccc(N)nc1. The lowest BCUT2D eigenvalue weighted by Crippen LogP contribution is -1.94. The molecule has 0 fully saturated rings. The van der Waals surface area contributed by atoms with E-state index in [1.807, 2.05) is 24.3 Å². The Labute approximate surface area is 154 Å². The zero-order valence-electron chi connectivity index (χ0n) is 14.9. The van der Waals surface area contributed by atoms with Gasteiger partial charge in [-0.2, -0.15) is 0 Å². The molecule has 0 amide bonds. The Kier molecular flexibility index (Phi) is 7.48. The molecule has 0 saturated heterocycles. The first-order valence-corrected chi connectivity index (χ1v) is 9.34. The molecule has 2 aromatic rings. The van der Waals surface area contributed by atoms with Crippen molar-refractivity contribution in [2.24, 2.45) is 10.9 Å². The second-order valence-electron chi connectivity index (χ2n) is 6.17. The number of allylic oxidation sites excluding steroid dienone is 2. The molecule has 1 aromatic heterocycles. The summed E-state index contributed by atoms with van der Waals surface area (Å²) in [6.07, 6.45) is 11.0. The van der Waals surface area contributed by atoms with Crippen LogP contribution in [0.4, 0.5) is 11.5 Å². The van der Waals surface area contributed by atoms with Gasteiger partial charge in [0, 0.05) is 16.8 Å². The molecule has 1 heterocycles. The van der Waals surface area contributed by atoms with Gasteiger partial charge in [0.1, 0.15) is 5.82 Å². The van der Waals surface area contributed by atoms with E-state index in [0.29, 0.717) is 11.7 Å². The lowest BCUT2D eigenvalue weighted by Gasteiger charge is -2.09. The largest absolute Gasteiger partial charge is 0.384 e. The molecule has 4 heteroatoms. The molecule has 0 spiro atoms. The quantitative estimate of drug-likeness (QED) is 0.385. The third kappa shape index (κ3) is 6.59. The number of nitrogens with zero attached hydrogens (tertiary/aromatic N) is 2. The second-order valence-corrected chi connectivity index (χ2v) is 7.23. The molecule has 0 atom stereocenters. The summed E-state index contributed by atoms with van der Waals surface area (Å²) in [4.78, 5) is 9.37. The van der Waals surface area contributed by atoms with Crippen molar-refractivity contribution >= 4 is 36.1 Å². The first-order chi connectivity index (χ1) is 12.1. The van der Waals surface area contributed by atoms with E-state index in [0.717, 1.165) is 23.4 Å². The number of rotatable bonds is 8. The highest BCUT2D eigenvalue weighted by Gasteiger charge is 2.04. The number of aliphatic imine (C=N–C) groups is 1. The number of benzene rings is 1. The summed E-state index contributed by atoms with van der Waals surface area (Å²) in [6.45, 7) is 8.14. The van der Waals surface area contributed by atoms with Gasteiger partial charge in [0.05, 0.1) is 5.69 Å². The molecule has 0 aliphatic heterocycles. The van der Waals surface area contributed by atoms with Gasteiger partial charge in [0.2, 0.25) is 0 Å². The molecular formula is C21H25N3S. The van der Waals surface area contributed by atoms with Crippen LogP contribution in [-0.2, 0) is 6.42 Å². The van der Waals surface area contributed by atoms with E-state index in [4.69, 9.17) is 5.73 Å². The molecule has 130 valence electrons. The van der Waals surface area contributed by atoms with Crippen LogP contribution in [0.15, 0.2) is 64.6 Å². The van der Waals surface area contributed by atoms with Gasteiger partial charge in [-0.25, -0.2) is 4.98 Å². The first kappa shape index (κ1) is 19.0. The number of pyridine rings is 1. The van der Waals surface area contributed by atoms with Crippen molar-refractivity contribution in [2.75, 3.05) is 11.5 Å². The standard InChI is InChI=1S/C21H25N3S/c1-16(2)13-18-8-10-19(23-3)20(14-18)25-12-6-4-5-7-17-9-11-21(22)24-15-17/h4-11,14-16H,3,12-13H2,1-2H3,(H2,22,24)/b6-4+,7-5+. The van der Waals surface area contributed by atoms with Crippen molar-refractivity contribution in [3.8, 4) is 0 Å². The van der Waals surface area contributed by atoms with Crippen molar-refractivity contribution < 1.29 is 0 Å². The summed E-state index contributed by atoms with van der Waals surface area (Å²) in [6, 6.07) is 10.2. The van der Waals surface area contributed by atoms with Crippen LogP contribution < -0.4 is 5.73 Å². The van der Waals surface area contributed by atoms with Crippen molar-refractivity contribution in [2.45, 2.75) is 25.2 Å². The van der Waals surface area contributed by atoms with Gasteiger partial charge in [0.15, 0.2) is 0 Å². The normalized spacial score (nSPS) is 11.6. The number of nitrogens with two attached hydrogens (primary N) is 1. The molecule has 0 radical (unpaired) electrons. The number of aromatic nitrogens is 1. The van der Waals surface area contributed by atoms with E-state index in [2.05, 4.69) is 54.8 Å². The number of anilines is 1. The molecule has 0 unspecified atom stereocenters. The summed E-state index contributed by atoms with van der Waals surface area (Å²) < 4.78 is 0. The van der Waals surface area contributed by atoms with Crippen LogP contribution in [0.2, 0.25) is 0 Å². The molecular weight excluding hydrogens is 326 g/mol. The summed E-state index contributed by atoms with van der Waals surface area (Å²) in [7, 11) is 0. The van der Waals surface area contributed by atoms with Gasteiger partial charge in [-0.05, 0) is 54.4 Å². The van der Waals surface area contributed by atoms with Crippen molar-refractivity contribution in [3.63, 3.8) is 0 Å². The molecule has 0 aliphatic carbocycles. The maximum Gasteiger partial charge on any atom is 0.123 e. The van der Waals surface area contributed by atoms with Crippen LogP contribution in [0.5, 0.6) is 0 Å². The summed E-state index contributed by atoms with van der Waals surface area (Å²) in [5, 5.41) is 0. The summed E-state index contributed by atoms with van der Waals surface area (Å²) in [5.41, 5.74) is 8.91. The zero-order valence-corrected chi connectivity index (χ0v) is 15.7. The van der Waals surface area contributed by atoms with Gasteiger partial charge in [-0.15, -0.1) is 11.8 Å². The fraction of sp³-hybridized carbons (Fsp3) is 0.238. The van der Waals surface area contributed by atoms with Crippen LogP contribution in [0.1, 0.15) is 25.0 Å². The van der Waals surface area contributed by atoms with E-state index >= 15 is 0 Å². The van der Waals surface area contributed by atoms with Crippen molar-refractivity contribution in [1.82, 2.24) is 4.98 Å². The van der Waals surface area contributed by atoms with Gasteiger partial charge in [-0.3, -0.25) is 4.99 Å². The van der Waals surface area contributed by atoms with Gasteiger partial charge >= 0.3 is 0 Å². The number of hydrogen-bond donors (Lipinski definition) is 1. The average Bonchev–Trinajstić information content (AvgIpc) is 2.59. The highest BCUT2D eigenvalue weighted by Crippen LogP contribution is 2.31. The van der Waals surface area contributed by atoms with Crippen LogP contribution in [0, 0.1) is 5.92 Å². The van der Waals surface area contributed by atoms with Crippen LogP contribution in [0.25, 0.3) is 6.08 Å². The predicted octanol–water partition coefficient (Wildman–Crippen LogP) is 5.56. The van der Waals surface area contributed by atoms with Crippen LogP contribution in [-0.4, -0.2) is 17.5 Å². The van der Waals surface area contributed by atoms with Crippen molar-refractivity contribution in [1.29, 1.82) is 0 Å². The fourth-order valence-corrected chi connectivity index (χ4v) is 3.26. The third-order valence-electron chi connectivity index (χ3n) is 3.52. The number of nitrogen functional groups attached to an aromatic ring is 1. The molecule has 25 heavy (non-hydrogen) atoms.